The van der Waals surface area contributed by atoms with Crippen molar-refractivity contribution >= 4 is 0 Å². The van der Waals surface area contributed by atoms with Crippen molar-refractivity contribution in [2.45, 2.75) is 13.1 Å². The Morgan fingerprint density at radius 2 is 1.69 bits per heavy atom. The average molecular weight is 226 g/mol. The topological polar surface area (TPSA) is 13.1 Å². The van der Waals surface area contributed by atoms with Gasteiger partial charge in [-0.15, -0.1) is 0 Å². The summed E-state index contributed by atoms with van der Waals surface area (Å²) >= 11 is 0. The first-order valence-corrected chi connectivity index (χ1v) is 4.71. The SMILES string of the molecule is Cc1cc(-c2ccccc2)oc1C(F)(F)F. The molecule has 0 aliphatic carbocycles. The van der Waals surface area contributed by atoms with Gasteiger partial charge in [-0.2, -0.15) is 13.2 Å². The molecule has 1 aromatic heterocycles. The second-order valence-corrected chi connectivity index (χ2v) is 3.49. The minimum atomic E-state index is -4.43. The van der Waals surface area contributed by atoms with Crippen LogP contribution in [0.25, 0.3) is 11.3 Å². The maximum atomic E-state index is 12.5. The van der Waals surface area contributed by atoms with Gasteiger partial charge in [-0.3, -0.25) is 0 Å². The maximum Gasteiger partial charge on any atom is 0.449 e. The molecule has 0 atom stereocenters. The van der Waals surface area contributed by atoms with Crippen molar-refractivity contribution in [3.63, 3.8) is 0 Å². The molecule has 4 heteroatoms. The molecule has 2 aromatic rings. The first-order valence-electron chi connectivity index (χ1n) is 4.71. The van der Waals surface area contributed by atoms with Crippen molar-refractivity contribution < 1.29 is 17.6 Å². The monoisotopic (exact) mass is 226 g/mol. The van der Waals surface area contributed by atoms with Gasteiger partial charge in [0.25, 0.3) is 0 Å². The summed E-state index contributed by atoms with van der Waals surface area (Å²) in [5, 5.41) is 0. The van der Waals surface area contributed by atoms with Crippen LogP contribution in [0.2, 0.25) is 0 Å². The van der Waals surface area contributed by atoms with Gasteiger partial charge in [0.2, 0.25) is 5.76 Å². The number of rotatable bonds is 1. The Kier molecular flexibility index (Phi) is 2.50. The van der Waals surface area contributed by atoms with Crippen LogP contribution < -0.4 is 0 Å². The van der Waals surface area contributed by atoms with E-state index >= 15 is 0 Å². The van der Waals surface area contributed by atoms with E-state index in [0.717, 1.165) is 0 Å². The molecule has 0 amide bonds. The molecule has 0 radical (unpaired) electrons. The molecule has 0 saturated carbocycles. The Morgan fingerprint density at radius 3 is 2.19 bits per heavy atom. The second-order valence-electron chi connectivity index (χ2n) is 3.49. The Bertz CT molecular complexity index is 483. The van der Waals surface area contributed by atoms with E-state index in [1.54, 1.807) is 30.3 Å². The number of furan rings is 1. The van der Waals surface area contributed by atoms with Crippen LogP contribution in [0.15, 0.2) is 40.8 Å². The van der Waals surface area contributed by atoms with E-state index in [-0.39, 0.29) is 11.3 Å². The summed E-state index contributed by atoms with van der Waals surface area (Å²) < 4.78 is 42.3. The normalized spacial score (nSPS) is 11.8. The standard InChI is InChI=1S/C12H9F3O/c1-8-7-10(9-5-3-2-4-6-9)16-11(8)12(13,14)15/h2-7H,1H3. The van der Waals surface area contributed by atoms with Crippen LogP contribution in [0.3, 0.4) is 0 Å². The Morgan fingerprint density at radius 1 is 1.06 bits per heavy atom. The predicted octanol–water partition coefficient (Wildman–Crippen LogP) is 4.27. The summed E-state index contributed by atoms with van der Waals surface area (Å²) in [4.78, 5) is 0. The molecule has 0 aliphatic rings. The number of alkyl halides is 3. The number of benzene rings is 1. The molecule has 1 heterocycles. The second kappa shape index (κ2) is 3.70. The van der Waals surface area contributed by atoms with Gasteiger partial charge in [0.1, 0.15) is 5.76 Å². The van der Waals surface area contributed by atoms with Crippen molar-refractivity contribution in [3.8, 4) is 11.3 Å². The first kappa shape index (κ1) is 10.8. The van der Waals surface area contributed by atoms with Crippen LogP contribution in [0.1, 0.15) is 11.3 Å². The van der Waals surface area contributed by atoms with Gasteiger partial charge in [0.15, 0.2) is 0 Å². The minimum Gasteiger partial charge on any atom is -0.451 e. The third-order valence-electron chi connectivity index (χ3n) is 2.23. The smallest absolute Gasteiger partial charge is 0.449 e. The van der Waals surface area contributed by atoms with Crippen molar-refractivity contribution in [1.82, 2.24) is 0 Å². The third kappa shape index (κ3) is 1.96. The molecular weight excluding hydrogens is 217 g/mol. The van der Waals surface area contributed by atoms with Gasteiger partial charge in [-0.05, 0) is 13.0 Å². The minimum absolute atomic E-state index is 0.103. The molecule has 0 unspecified atom stereocenters. The Labute approximate surface area is 90.5 Å². The lowest BCUT2D eigenvalue weighted by molar-refractivity contribution is -0.153. The molecule has 0 bridgehead atoms. The maximum absolute atomic E-state index is 12.5. The zero-order valence-electron chi connectivity index (χ0n) is 8.51. The zero-order chi connectivity index (χ0) is 11.8. The molecule has 0 N–H and O–H groups in total. The van der Waals surface area contributed by atoms with E-state index < -0.39 is 11.9 Å². The quantitative estimate of drug-likeness (QED) is 0.707. The average Bonchev–Trinajstić information content (AvgIpc) is 2.61. The van der Waals surface area contributed by atoms with Crippen molar-refractivity contribution in [2.24, 2.45) is 0 Å². The van der Waals surface area contributed by atoms with E-state index in [1.165, 1.54) is 13.0 Å². The summed E-state index contributed by atoms with van der Waals surface area (Å²) in [5.41, 5.74) is 0.743. The van der Waals surface area contributed by atoms with Crippen molar-refractivity contribution in [1.29, 1.82) is 0 Å². The van der Waals surface area contributed by atoms with Crippen LogP contribution in [-0.4, -0.2) is 0 Å². The molecule has 1 nitrogen and oxygen atoms in total. The predicted molar refractivity (Wildman–Crippen MR) is 53.9 cm³/mol. The number of halogens is 3. The van der Waals surface area contributed by atoms with Crippen molar-refractivity contribution in [3.05, 3.63) is 47.7 Å². The van der Waals surface area contributed by atoms with Crippen LogP contribution in [0, 0.1) is 6.92 Å². The summed E-state index contributed by atoms with van der Waals surface area (Å²) in [7, 11) is 0. The first-order chi connectivity index (χ1) is 7.48. The van der Waals surface area contributed by atoms with Crippen LogP contribution in [0.5, 0.6) is 0 Å². The molecule has 0 aliphatic heterocycles. The summed E-state index contributed by atoms with van der Waals surface area (Å²) in [6, 6.07) is 10.1. The van der Waals surface area contributed by atoms with E-state index in [9.17, 15) is 13.2 Å². The van der Waals surface area contributed by atoms with Crippen molar-refractivity contribution in [2.75, 3.05) is 0 Å². The van der Waals surface area contributed by atoms with Crippen LogP contribution >= 0.6 is 0 Å². The number of hydrogen-bond donors (Lipinski definition) is 0. The van der Waals surface area contributed by atoms with E-state index in [1.807, 2.05) is 0 Å². The largest absolute Gasteiger partial charge is 0.451 e. The van der Waals surface area contributed by atoms with Crippen LogP contribution in [-0.2, 0) is 6.18 Å². The lowest BCUT2D eigenvalue weighted by atomic mass is 10.1. The van der Waals surface area contributed by atoms with Gasteiger partial charge in [-0.1, -0.05) is 30.3 Å². The molecule has 0 fully saturated rings. The highest BCUT2D eigenvalue weighted by Gasteiger charge is 2.37. The van der Waals surface area contributed by atoms with E-state index in [4.69, 9.17) is 4.42 Å². The lowest BCUT2D eigenvalue weighted by Crippen LogP contribution is -2.04. The van der Waals surface area contributed by atoms with Gasteiger partial charge in [-0.25, -0.2) is 0 Å². The Hall–Kier alpha value is -1.71. The third-order valence-corrected chi connectivity index (χ3v) is 2.23. The fourth-order valence-electron chi connectivity index (χ4n) is 1.51. The van der Waals surface area contributed by atoms with E-state index in [2.05, 4.69) is 0 Å². The van der Waals surface area contributed by atoms with Gasteiger partial charge >= 0.3 is 6.18 Å². The molecule has 84 valence electrons. The fraction of sp³-hybridized carbons (Fsp3) is 0.167. The van der Waals surface area contributed by atoms with E-state index in [0.29, 0.717) is 5.56 Å². The molecule has 2 rings (SSSR count). The fourth-order valence-corrected chi connectivity index (χ4v) is 1.51. The zero-order valence-corrected chi connectivity index (χ0v) is 8.51. The van der Waals surface area contributed by atoms with Crippen LogP contribution in [0.4, 0.5) is 13.2 Å². The molecular formula is C12H9F3O. The van der Waals surface area contributed by atoms with Gasteiger partial charge in [0, 0.05) is 11.1 Å². The highest BCUT2D eigenvalue weighted by Crippen LogP contribution is 2.36. The molecule has 0 spiro atoms. The molecule has 16 heavy (non-hydrogen) atoms. The summed E-state index contributed by atoms with van der Waals surface area (Å²) in [6.45, 7) is 1.39. The number of hydrogen-bond acceptors (Lipinski definition) is 1. The lowest BCUT2D eigenvalue weighted by Gasteiger charge is -2.02. The van der Waals surface area contributed by atoms with Gasteiger partial charge in [0.05, 0.1) is 0 Å². The highest BCUT2D eigenvalue weighted by molar-refractivity contribution is 5.58. The Balaban J connectivity index is 2.47. The summed E-state index contributed by atoms with van der Waals surface area (Å²) in [5.74, 6) is -0.684. The van der Waals surface area contributed by atoms with Gasteiger partial charge < -0.3 is 4.42 Å². The molecule has 0 saturated heterocycles. The molecule has 1 aromatic carbocycles. The summed E-state index contributed by atoms with van der Waals surface area (Å²) in [6.07, 6.45) is -4.43. The number of aryl methyl sites for hydroxylation is 1. The highest BCUT2D eigenvalue weighted by atomic mass is 19.4.